The highest BCUT2D eigenvalue weighted by atomic mass is 79.9. The maximum Gasteiger partial charge on any atom is 0.277 e. The normalized spacial score (nSPS) is 10.6. The minimum atomic E-state index is -0.333. The molecule has 0 saturated heterocycles. The summed E-state index contributed by atoms with van der Waals surface area (Å²) >= 11 is 3.40. The van der Waals surface area contributed by atoms with E-state index in [4.69, 9.17) is 9.47 Å². The molecule has 0 unspecified atom stereocenters. The van der Waals surface area contributed by atoms with E-state index < -0.39 is 0 Å². The molecule has 0 atom stereocenters. The molecule has 0 saturated carbocycles. The third-order valence-electron chi connectivity index (χ3n) is 3.02. The Balaban J connectivity index is 1.89. The number of hydrogen-bond donors (Lipinski definition) is 1. The molecule has 0 spiro atoms. The van der Waals surface area contributed by atoms with E-state index in [0.717, 1.165) is 15.6 Å². The fraction of sp³-hybridized carbons (Fsp3) is 0.222. The van der Waals surface area contributed by atoms with Crippen LogP contribution < -0.4 is 14.9 Å². The standard InChI is InChI=1S/C18H19BrN2O3/c1-3-23-17-8-7-15(19)10-14(17)11-20-21-18(22)12-24-16-6-4-5-13(2)9-16/h4-11H,3,12H2,1-2H3,(H,21,22)/b20-11+. The van der Waals surface area contributed by atoms with E-state index in [1.165, 1.54) is 0 Å². The van der Waals surface area contributed by atoms with Gasteiger partial charge in [-0.05, 0) is 49.7 Å². The van der Waals surface area contributed by atoms with E-state index in [1.54, 1.807) is 12.3 Å². The Bertz CT molecular complexity index is 732. The van der Waals surface area contributed by atoms with Crippen LogP contribution in [0.5, 0.6) is 11.5 Å². The fourth-order valence-corrected chi connectivity index (χ4v) is 2.35. The van der Waals surface area contributed by atoms with Crippen LogP contribution in [0.1, 0.15) is 18.1 Å². The SMILES string of the molecule is CCOc1ccc(Br)cc1/C=N/NC(=O)COc1cccc(C)c1. The summed E-state index contributed by atoms with van der Waals surface area (Å²) in [6.45, 7) is 4.33. The van der Waals surface area contributed by atoms with Crippen molar-refractivity contribution in [2.45, 2.75) is 13.8 Å². The van der Waals surface area contributed by atoms with Gasteiger partial charge in [0.05, 0.1) is 12.8 Å². The first-order valence-electron chi connectivity index (χ1n) is 7.52. The van der Waals surface area contributed by atoms with Crippen molar-refractivity contribution in [1.29, 1.82) is 0 Å². The van der Waals surface area contributed by atoms with Gasteiger partial charge in [-0.2, -0.15) is 5.10 Å². The number of ether oxygens (including phenoxy) is 2. The van der Waals surface area contributed by atoms with Crippen LogP contribution in [0, 0.1) is 6.92 Å². The summed E-state index contributed by atoms with van der Waals surface area (Å²) in [4.78, 5) is 11.8. The number of benzene rings is 2. The van der Waals surface area contributed by atoms with Gasteiger partial charge in [0.1, 0.15) is 11.5 Å². The van der Waals surface area contributed by atoms with Crippen LogP contribution in [-0.2, 0) is 4.79 Å². The molecule has 0 fully saturated rings. The van der Waals surface area contributed by atoms with Gasteiger partial charge in [0.25, 0.3) is 5.91 Å². The molecule has 126 valence electrons. The van der Waals surface area contributed by atoms with Crippen molar-refractivity contribution in [3.05, 3.63) is 58.1 Å². The largest absolute Gasteiger partial charge is 0.493 e. The molecule has 0 aliphatic heterocycles. The highest BCUT2D eigenvalue weighted by Crippen LogP contribution is 2.21. The predicted molar refractivity (Wildman–Crippen MR) is 97.7 cm³/mol. The Labute approximate surface area is 149 Å². The lowest BCUT2D eigenvalue weighted by molar-refractivity contribution is -0.123. The zero-order valence-electron chi connectivity index (χ0n) is 13.6. The van der Waals surface area contributed by atoms with Crippen molar-refractivity contribution in [2.24, 2.45) is 5.10 Å². The van der Waals surface area contributed by atoms with Crippen molar-refractivity contribution in [3.63, 3.8) is 0 Å². The molecule has 2 aromatic rings. The van der Waals surface area contributed by atoms with E-state index >= 15 is 0 Å². The first-order valence-corrected chi connectivity index (χ1v) is 8.31. The van der Waals surface area contributed by atoms with Crippen LogP contribution in [-0.4, -0.2) is 25.3 Å². The number of carbonyl (C=O) groups excluding carboxylic acids is 1. The molecule has 0 radical (unpaired) electrons. The van der Waals surface area contributed by atoms with Crippen molar-refractivity contribution >= 4 is 28.1 Å². The molecule has 1 amide bonds. The molecular formula is C18H19BrN2O3. The van der Waals surface area contributed by atoms with Crippen molar-refractivity contribution in [2.75, 3.05) is 13.2 Å². The van der Waals surface area contributed by atoms with Crippen molar-refractivity contribution in [3.8, 4) is 11.5 Å². The Morgan fingerprint density at radius 2 is 2.08 bits per heavy atom. The number of nitrogens with one attached hydrogen (secondary N) is 1. The van der Waals surface area contributed by atoms with E-state index in [2.05, 4.69) is 26.5 Å². The summed E-state index contributed by atoms with van der Waals surface area (Å²) in [6, 6.07) is 13.1. The lowest BCUT2D eigenvalue weighted by atomic mass is 10.2. The predicted octanol–water partition coefficient (Wildman–Crippen LogP) is 3.69. The van der Waals surface area contributed by atoms with Gasteiger partial charge >= 0.3 is 0 Å². The van der Waals surface area contributed by atoms with Crippen molar-refractivity contribution < 1.29 is 14.3 Å². The number of halogens is 1. The third kappa shape index (κ3) is 5.70. The highest BCUT2D eigenvalue weighted by molar-refractivity contribution is 9.10. The topological polar surface area (TPSA) is 59.9 Å². The second-order valence-corrected chi connectivity index (χ2v) is 5.93. The molecule has 0 heterocycles. The number of amides is 1. The van der Waals surface area contributed by atoms with Gasteiger partial charge in [0, 0.05) is 10.0 Å². The summed E-state index contributed by atoms with van der Waals surface area (Å²) in [5.74, 6) is 1.02. The van der Waals surface area contributed by atoms with Gasteiger partial charge in [-0.1, -0.05) is 28.1 Å². The number of nitrogens with zero attached hydrogens (tertiary/aromatic N) is 1. The van der Waals surface area contributed by atoms with Gasteiger partial charge < -0.3 is 9.47 Å². The minimum absolute atomic E-state index is 0.0996. The van der Waals surface area contributed by atoms with Crippen LogP contribution >= 0.6 is 15.9 Å². The van der Waals surface area contributed by atoms with Gasteiger partial charge in [0.2, 0.25) is 0 Å². The lowest BCUT2D eigenvalue weighted by Gasteiger charge is -2.07. The molecule has 6 heteroatoms. The Kier molecular flexibility index (Phi) is 6.81. The maximum atomic E-state index is 11.8. The summed E-state index contributed by atoms with van der Waals surface area (Å²) in [5, 5.41) is 3.95. The minimum Gasteiger partial charge on any atom is -0.493 e. The smallest absolute Gasteiger partial charge is 0.277 e. The van der Waals surface area contributed by atoms with Crippen LogP contribution in [0.3, 0.4) is 0 Å². The maximum absolute atomic E-state index is 11.8. The Hall–Kier alpha value is -2.34. The molecule has 2 aromatic carbocycles. The molecule has 1 N–H and O–H groups in total. The third-order valence-corrected chi connectivity index (χ3v) is 3.52. The Morgan fingerprint density at radius 1 is 1.25 bits per heavy atom. The first kappa shape index (κ1) is 18.0. The number of hydrogen-bond acceptors (Lipinski definition) is 4. The van der Waals surface area contributed by atoms with E-state index in [9.17, 15) is 4.79 Å². The van der Waals surface area contributed by atoms with E-state index in [-0.39, 0.29) is 12.5 Å². The fourth-order valence-electron chi connectivity index (χ4n) is 1.97. The molecule has 2 rings (SSSR count). The number of aryl methyl sites for hydroxylation is 1. The average Bonchev–Trinajstić information content (AvgIpc) is 2.55. The molecule has 0 bridgehead atoms. The van der Waals surface area contributed by atoms with Crippen molar-refractivity contribution in [1.82, 2.24) is 5.43 Å². The molecule has 0 aliphatic rings. The quantitative estimate of drug-likeness (QED) is 0.579. The summed E-state index contributed by atoms with van der Waals surface area (Å²) in [5.41, 5.74) is 4.28. The number of carbonyl (C=O) groups is 1. The zero-order valence-corrected chi connectivity index (χ0v) is 15.2. The zero-order chi connectivity index (χ0) is 17.4. The van der Waals surface area contributed by atoms with Crippen LogP contribution in [0.4, 0.5) is 0 Å². The average molecular weight is 391 g/mol. The lowest BCUT2D eigenvalue weighted by Crippen LogP contribution is -2.24. The van der Waals surface area contributed by atoms with Crippen LogP contribution in [0.2, 0.25) is 0 Å². The second kappa shape index (κ2) is 9.08. The summed E-state index contributed by atoms with van der Waals surface area (Å²) < 4.78 is 11.8. The van der Waals surface area contributed by atoms with Crippen LogP contribution in [0.25, 0.3) is 0 Å². The molecule has 0 aliphatic carbocycles. The van der Waals surface area contributed by atoms with Gasteiger partial charge in [-0.25, -0.2) is 5.43 Å². The van der Waals surface area contributed by atoms with E-state index in [1.807, 2.05) is 50.2 Å². The molecule has 24 heavy (non-hydrogen) atoms. The van der Waals surface area contributed by atoms with Gasteiger partial charge in [-0.3, -0.25) is 4.79 Å². The number of hydrazone groups is 1. The Morgan fingerprint density at radius 3 is 2.83 bits per heavy atom. The van der Waals surface area contributed by atoms with Gasteiger partial charge in [0.15, 0.2) is 6.61 Å². The summed E-state index contributed by atoms with van der Waals surface area (Å²) in [6.07, 6.45) is 1.54. The van der Waals surface area contributed by atoms with Crippen LogP contribution in [0.15, 0.2) is 52.0 Å². The van der Waals surface area contributed by atoms with E-state index in [0.29, 0.717) is 18.1 Å². The monoisotopic (exact) mass is 390 g/mol. The molecule has 5 nitrogen and oxygen atoms in total. The van der Waals surface area contributed by atoms with Gasteiger partial charge in [-0.15, -0.1) is 0 Å². The first-order chi connectivity index (χ1) is 11.6. The number of rotatable bonds is 7. The molecule has 0 aromatic heterocycles. The summed E-state index contributed by atoms with van der Waals surface area (Å²) in [7, 11) is 0. The molecular weight excluding hydrogens is 372 g/mol. The highest BCUT2D eigenvalue weighted by Gasteiger charge is 2.04. The second-order valence-electron chi connectivity index (χ2n) is 5.01.